The number of benzene rings is 4. The third-order valence-electron chi connectivity index (χ3n) is 5.21. The van der Waals surface area contributed by atoms with Gasteiger partial charge < -0.3 is 9.40 Å². The number of rotatable bonds is 0. The molecular weight excluding hydrogens is 322 g/mol. The van der Waals surface area contributed by atoms with Gasteiger partial charge in [-0.05, 0) is 45.8 Å². The Hall–Kier alpha value is -3.59. The third kappa shape index (κ3) is 1.69. The van der Waals surface area contributed by atoms with Crippen molar-refractivity contribution in [3.8, 4) is 0 Å². The van der Waals surface area contributed by atoms with Gasteiger partial charge in [0.25, 0.3) is 0 Å². The van der Waals surface area contributed by atoms with E-state index in [0.29, 0.717) is 11.0 Å². The molecule has 2 heterocycles. The van der Waals surface area contributed by atoms with Gasteiger partial charge in [-0.2, -0.15) is 0 Å². The van der Waals surface area contributed by atoms with E-state index in [0.717, 1.165) is 32.6 Å². The van der Waals surface area contributed by atoms with E-state index in [1.165, 1.54) is 10.8 Å². The first-order valence-electron chi connectivity index (χ1n) is 8.58. The lowest BCUT2D eigenvalue weighted by atomic mass is 10.0. The summed E-state index contributed by atoms with van der Waals surface area (Å²) >= 11 is 0. The molecule has 0 saturated carbocycles. The SMILES string of the molecule is O=c1oc2c([nH]c3ccc4cc5ccccc5cc4c32)c2ccccc12. The van der Waals surface area contributed by atoms with Gasteiger partial charge in [0.15, 0.2) is 5.58 Å². The maximum atomic E-state index is 12.5. The third-order valence-corrected chi connectivity index (χ3v) is 5.21. The highest BCUT2D eigenvalue weighted by Gasteiger charge is 2.15. The largest absolute Gasteiger partial charge is 0.420 e. The highest BCUT2D eigenvalue weighted by molar-refractivity contribution is 6.23. The summed E-state index contributed by atoms with van der Waals surface area (Å²) in [6, 6.07) is 24.4. The van der Waals surface area contributed by atoms with Crippen molar-refractivity contribution in [3.05, 3.63) is 83.2 Å². The Balaban J connectivity index is 1.91. The van der Waals surface area contributed by atoms with Crippen molar-refractivity contribution >= 4 is 54.3 Å². The molecule has 4 aromatic carbocycles. The standard InChI is InChI=1S/C23H13NO2/c25-23-17-8-4-3-7-16(17)21-22(26-23)20-18-12-14-6-2-1-5-13(14)11-15(18)9-10-19(20)24-21/h1-12,24H. The predicted molar refractivity (Wildman–Crippen MR) is 107 cm³/mol. The zero-order chi connectivity index (χ0) is 17.3. The quantitative estimate of drug-likeness (QED) is 0.360. The van der Waals surface area contributed by atoms with Crippen LogP contribution in [0, 0.1) is 0 Å². The van der Waals surface area contributed by atoms with E-state index in [-0.39, 0.29) is 5.63 Å². The first-order chi connectivity index (χ1) is 12.8. The molecule has 1 N–H and O–H groups in total. The second kappa shape index (κ2) is 4.73. The van der Waals surface area contributed by atoms with E-state index in [1.54, 1.807) is 6.07 Å². The molecule has 0 aliphatic carbocycles. The predicted octanol–water partition coefficient (Wildman–Crippen LogP) is 5.73. The second-order valence-corrected chi connectivity index (χ2v) is 6.67. The van der Waals surface area contributed by atoms with Crippen LogP contribution < -0.4 is 5.63 Å². The molecule has 0 aliphatic heterocycles. The number of hydrogen-bond acceptors (Lipinski definition) is 2. The zero-order valence-electron chi connectivity index (χ0n) is 13.7. The molecule has 122 valence electrons. The van der Waals surface area contributed by atoms with Crippen molar-refractivity contribution < 1.29 is 4.42 Å². The second-order valence-electron chi connectivity index (χ2n) is 6.67. The summed E-state index contributed by atoms with van der Waals surface area (Å²) < 4.78 is 5.76. The van der Waals surface area contributed by atoms with Crippen molar-refractivity contribution in [3.63, 3.8) is 0 Å². The Morgan fingerprint density at radius 3 is 2.27 bits per heavy atom. The Kier molecular flexibility index (Phi) is 2.49. The average Bonchev–Trinajstić information content (AvgIpc) is 3.06. The smallest absolute Gasteiger partial charge is 0.344 e. The fraction of sp³-hybridized carbons (Fsp3) is 0. The number of aromatic amines is 1. The summed E-state index contributed by atoms with van der Waals surface area (Å²) in [5.74, 6) is 0. The minimum absolute atomic E-state index is 0.299. The van der Waals surface area contributed by atoms with Crippen LogP contribution >= 0.6 is 0 Å². The molecular formula is C23H13NO2. The van der Waals surface area contributed by atoms with Gasteiger partial charge in [0.1, 0.15) is 0 Å². The summed E-state index contributed by atoms with van der Waals surface area (Å²) in [6.45, 7) is 0. The zero-order valence-corrected chi connectivity index (χ0v) is 13.7. The maximum Gasteiger partial charge on any atom is 0.344 e. The van der Waals surface area contributed by atoms with Crippen molar-refractivity contribution in [1.29, 1.82) is 0 Å². The molecule has 0 atom stereocenters. The topological polar surface area (TPSA) is 46.0 Å². The van der Waals surface area contributed by atoms with Gasteiger partial charge in [0.05, 0.1) is 21.8 Å². The summed E-state index contributed by atoms with van der Waals surface area (Å²) in [5.41, 5.74) is 2.18. The van der Waals surface area contributed by atoms with E-state index in [4.69, 9.17) is 4.42 Å². The summed E-state index contributed by atoms with van der Waals surface area (Å²) in [4.78, 5) is 16.0. The number of hydrogen-bond donors (Lipinski definition) is 1. The molecule has 0 fully saturated rings. The molecule has 0 bridgehead atoms. The van der Waals surface area contributed by atoms with Crippen LogP contribution in [0.1, 0.15) is 0 Å². The van der Waals surface area contributed by atoms with Crippen LogP contribution in [-0.2, 0) is 0 Å². The highest BCUT2D eigenvalue weighted by atomic mass is 16.4. The molecule has 0 amide bonds. The van der Waals surface area contributed by atoms with E-state index in [9.17, 15) is 4.79 Å². The summed E-state index contributed by atoms with van der Waals surface area (Å²) in [5, 5.41) is 7.05. The molecule has 0 spiro atoms. The molecule has 0 aliphatic rings. The first kappa shape index (κ1) is 13.7. The maximum absolute atomic E-state index is 12.5. The average molecular weight is 335 g/mol. The van der Waals surface area contributed by atoms with Gasteiger partial charge in [0, 0.05) is 5.39 Å². The van der Waals surface area contributed by atoms with Crippen molar-refractivity contribution in [2.75, 3.05) is 0 Å². The van der Waals surface area contributed by atoms with Crippen molar-refractivity contribution in [1.82, 2.24) is 4.98 Å². The molecule has 3 nitrogen and oxygen atoms in total. The minimum Gasteiger partial charge on any atom is -0.420 e. The van der Waals surface area contributed by atoms with Gasteiger partial charge >= 0.3 is 5.63 Å². The highest BCUT2D eigenvalue weighted by Crippen LogP contribution is 2.36. The van der Waals surface area contributed by atoms with Crippen LogP contribution in [0.15, 0.2) is 82.0 Å². The lowest BCUT2D eigenvalue weighted by Crippen LogP contribution is -1.98. The van der Waals surface area contributed by atoms with Crippen LogP contribution in [0.4, 0.5) is 0 Å². The lowest BCUT2D eigenvalue weighted by Gasteiger charge is -2.04. The molecule has 6 aromatic rings. The molecule has 2 aromatic heterocycles. The Labute approximate surface area is 147 Å². The number of fused-ring (bicyclic) bond motifs is 8. The molecule has 0 radical (unpaired) electrons. The van der Waals surface area contributed by atoms with Crippen LogP contribution in [0.2, 0.25) is 0 Å². The molecule has 0 unspecified atom stereocenters. The van der Waals surface area contributed by atoms with Crippen molar-refractivity contribution in [2.45, 2.75) is 0 Å². The molecule has 0 saturated heterocycles. The monoisotopic (exact) mass is 335 g/mol. The lowest BCUT2D eigenvalue weighted by molar-refractivity contribution is 0.573. The Bertz CT molecular complexity index is 1550. The van der Waals surface area contributed by atoms with Crippen LogP contribution in [0.3, 0.4) is 0 Å². The van der Waals surface area contributed by atoms with E-state index in [2.05, 4.69) is 41.4 Å². The molecule has 3 heteroatoms. The minimum atomic E-state index is -0.299. The van der Waals surface area contributed by atoms with E-state index < -0.39 is 0 Å². The molecule has 6 rings (SSSR count). The van der Waals surface area contributed by atoms with E-state index in [1.807, 2.05) is 30.3 Å². The fourth-order valence-corrected chi connectivity index (χ4v) is 4.00. The summed E-state index contributed by atoms with van der Waals surface area (Å²) in [7, 11) is 0. The first-order valence-corrected chi connectivity index (χ1v) is 8.58. The Morgan fingerprint density at radius 2 is 1.42 bits per heavy atom. The van der Waals surface area contributed by atoms with Gasteiger partial charge in [-0.3, -0.25) is 0 Å². The van der Waals surface area contributed by atoms with Crippen LogP contribution in [-0.4, -0.2) is 4.98 Å². The normalized spacial score (nSPS) is 12.0. The number of nitrogens with one attached hydrogen (secondary N) is 1. The molecule has 26 heavy (non-hydrogen) atoms. The van der Waals surface area contributed by atoms with Crippen LogP contribution in [0.25, 0.3) is 54.3 Å². The number of H-pyrrole nitrogens is 1. The van der Waals surface area contributed by atoms with Gasteiger partial charge in [-0.1, -0.05) is 48.5 Å². The van der Waals surface area contributed by atoms with Crippen molar-refractivity contribution in [2.24, 2.45) is 0 Å². The van der Waals surface area contributed by atoms with Gasteiger partial charge in [-0.25, -0.2) is 4.79 Å². The van der Waals surface area contributed by atoms with Crippen LogP contribution in [0.5, 0.6) is 0 Å². The van der Waals surface area contributed by atoms with E-state index >= 15 is 0 Å². The van der Waals surface area contributed by atoms with Gasteiger partial charge in [-0.15, -0.1) is 0 Å². The Morgan fingerprint density at radius 1 is 0.692 bits per heavy atom. The van der Waals surface area contributed by atoms with Gasteiger partial charge in [0.2, 0.25) is 0 Å². The fourth-order valence-electron chi connectivity index (χ4n) is 4.00. The number of aromatic nitrogens is 1. The summed E-state index contributed by atoms with van der Waals surface area (Å²) in [6.07, 6.45) is 0.